The van der Waals surface area contributed by atoms with Crippen molar-refractivity contribution < 1.29 is 17.9 Å². The zero-order chi connectivity index (χ0) is 11.2. The molecule has 0 saturated heterocycles. The van der Waals surface area contributed by atoms with Gasteiger partial charge in [0.25, 0.3) is 0 Å². The van der Waals surface area contributed by atoms with E-state index in [0.717, 1.165) is 13.2 Å². The van der Waals surface area contributed by atoms with Gasteiger partial charge in [-0.2, -0.15) is 13.2 Å². The summed E-state index contributed by atoms with van der Waals surface area (Å²) < 4.78 is 40.8. The first-order chi connectivity index (χ1) is 6.55. The molecule has 1 heterocycles. The predicted octanol–water partition coefficient (Wildman–Crippen LogP) is 3.14. The Morgan fingerprint density at radius 2 is 1.86 bits per heavy atom. The van der Waals surface area contributed by atoms with Gasteiger partial charge in [-0.1, -0.05) is 13.8 Å². The van der Waals surface area contributed by atoms with Crippen LogP contribution in [0.2, 0.25) is 0 Å². The van der Waals surface area contributed by atoms with Crippen LogP contribution in [0.4, 0.5) is 13.2 Å². The number of ether oxygens (including phenoxy) is 1. The summed E-state index contributed by atoms with van der Waals surface area (Å²) in [6.07, 6.45) is -3.16. The SMILES string of the molecule is CC.COc1ncccc1C(F)(F)F. The van der Waals surface area contributed by atoms with Crippen molar-refractivity contribution in [3.8, 4) is 5.88 Å². The van der Waals surface area contributed by atoms with Gasteiger partial charge in [0, 0.05) is 6.20 Å². The van der Waals surface area contributed by atoms with E-state index in [2.05, 4.69) is 9.72 Å². The van der Waals surface area contributed by atoms with Crippen LogP contribution in [0.1, 0.15) is 19.4 Å². The summed E-state index contributed by atoms with van der Waals surface area (Å²) in [6, 6.07) is 2.14. The van der Waals surface area contributed by atoms with Crippen LogP contribution < -0.4 is 4.74 Å². The third-order valence-corrected chi connectivity index (χ3v) is 1.27. The van der Waals surface area contributed by atoms with Crippen LogP contribution in [0, 0.1) is 0 Å². The first kappa shape index (κ1) is 12.7. The molecule has 0 unspecified atom stereocenters. The van der Waals surface area contributed by atoms with E-state index >= 15 is 0 Å². The van der Waals surface area contributed by atoms with Crippen molar-refractivity contribution in [2.45, 2.75) is 20.0 Å². The molecule has 5 heteroatoms. The lowest BCUT2D eigenvalue weighted by Gasteiger charge is -2.09. The van der Waals surface area contributed by atoms with Crippen molar-refractivity contribution in [3.63, 3.8) is 0 Å². The molecule has 80 valence electrons. The number of methoxy groups -OCH3 is 1. The Morgan fingerprint density at radius 3 is 2.21 bits per heavy atom. The summed E-state index contributed by atoms with van der Waals surface area (Å²) in [6.45, 7) is 4.00. The van der Waals surface area contributed by atoms with Crippen LogP contribution in [0.15, 0.2) is 18.3 Å². The molecular weight excluding hydrogens is 195 g/mol. The quantitative estimate of drug-likeness (QED) is 0.705. The normalized spacial score (nSPS) is 10.1. The van der Waals surface area contributed by atoms with Gasteiger partial charge in [0.15, 0.2) is 0 Å². The smallest absolute Gasteiger partial charge is 0.421 e. The van der Waals surface area contributed by atoms with E-state index in [9.17, 15) is 13.2 Å². The minimum Gasteiger partial charge on any atom is -0.481 e. The number of alkyl halides is 3. The molecule has 0 radical (unpaired) electrons. The molecule has 0 saturated carbocycles. The highest BCUT2D eigenvalue weighted by Gasteiger charge is 2.34. The van der Waals surface area contributed by atoms with E-state index in [1.54, 1.807) is 0 Å². The number of hydrogen-bond acceptors (Lipinski definition) is 2. The Kier molecular flexibility index (Phi) is 4.97. The Bertz CT molecular complexity index is 273. The van der Waals surface area contributed by atoms with Gasteiger partial charge in [-0.05, 0) is 12.1 Å². The highest BCUT2D eigenvalue weighted by Crippen LogP contribution is 2.34. The first-order valence-corrected chi connectivity index (χ1v) is 4.12. The van der Waals surface area contributed by atoms with Gasteiger partial charge in [0.1, 0.15) is 5.56 Å². The van der Waals surface area contributed by atoms with Gasteiger partial charge in [0.05, 0.1) is 7.11 Å². The second-order valence-corrected chi connectivity index (χ2v) is 2.06. The average Bonchev–Trinajstić information content (AvgIpc) is 2.19. The fraction of sp³-hybridized carbons (Fsp3) is 0.444. The zero-order valence-corrected chi connectivity index (χ0v) is 8.22. The molecule has 0 aromatic carbocycles. The van der Waals surface area contributed by atoms with Gasteiger partial charge in [-0.25, -0.2) is 4.98 Å². The molecular formula is C9H12F3NO. The molecule has 1 aromatic rings. The second-order valence-electron chi connectivity index (χ2n) is 2.06. The molecule has 2 nitrogen and oxygen atoms in total. The highest BCUT2D eigenvalue weighted by molar-refractivity contribution is 5.27. The number of halogens is 3. The maximum absolute atomic E-state index is 12.1. The van der Waals surface area contributed by atoms with Gasteiger partial charge < -0.3 is 4.74 Å². The fourth-order valence-electron chi connectivity index (χ4n) is 0.769. The highest BCUT2D eigenvalue weighted by atomic mass is 19.4. The van der Waals surface area contributed by atoms with E-state index < -0.39 is 17.6 Å². The number of rotatable bonds is 1. The monoisotopic (exact) mass is 207 g/mol. The van der Waals surface area contributed by atoms with Crippen molar-refractivity contribution in [3.05, 3.63) is 23.9 Å². The van der Waals surface area contributed by atoms with E-state index in [-0.39, 0.29) is 0 Å². The second kappa shape index (κ2) is 5.47. The molecule has 0 atom stereocenters. The van der Waals surface area contributed by atoms with Crippen LogP contribution in [-0.4, -0.2) is 12.1 Å². The van der Waals surface area contributed by atoms with Gasteiger partial charge in [-0.15, -0.1) is 0 Å². The van der Waals surface area contributed by atoms with Crippen LogP contribution in [-0.2, 0) is 6.18 Å². The summed E-state index contributed by atoms with van der Waals surface area (Å²) in [5.41, 5.74) is -0.854. The van der Waals surface area contributed by atoms with Crippen LogP contribution in [0.5, 0.6) is 5.88 Å². The molecule has 0 aliphatic rings. The van der Waals surface area contributed by atoms with Gasteiger partial charge >= 0.3 is 6.18 Å². The van der Waals surface area contributed by atoms with Crippen LogP contribution in [0.3, 0.4) is 0 Å². The molecule has 0 aliphatic carbocycles. The maximum atomic E-state index is 12.1. The first-order valence-electron chi connectivity index (χ1n) is 4.12. The molecule has 0 amide bonds. The molecule has 0 aliphatic heterocycles. The minimum atomic E-state index is -4.40. The van der Waals surface area contributed by atoms with Crippen molar-refractivity contribution in [1.29, 1.82) is 0 Å². The summed E-state index contributed by atoms with van der Waals surface area (Å²) in [5.74, 6) is -0.398. The molecule has 1 rings (SSSR count). The Balaban J connectivity index is 0.000000791. The number of pyridine rings is 1. The minimum absolute atomic E-state index is 0.398. The Labute approximate surface area is 80.7 Å². The fourth-order valence-corrected chi connectivity index (χ4v) is 0.769. The van der Waals surface area contributed by atoms with Crippen molar-refractivity contribution in [1.82, 2.24) is 4.98 Å². The Hall–Kier alpha value is -1.26. The van der Waals surface area contributed by atoms with Crippen molar-refractivity contribution >= 4 is 0 Å². The topological polar surface area (TPSA) is 22.1 Å². The third-order valence-electron chi connectivity index (χ3n) is 1.27. The summed E-state index contributed by atoms with van der Waals surface area (Å²) >= 11 is 0. The predicted molar refractivity (Wildman–Crippen MR) is 47.1 cm³/mol. The lowest BCUT2D eigenvalue weighted by molar-refractivity contribution is -0.139. The van der Waals surface area contributed by atoms with Crippen molar-refractivity contribution in [2.24, 2.45) is 0 Å². The Morgan fingerprint density at radius 1 is 1.29 bits per heavy atom. The van der Waals surface area contributed by atoms with E-state index in [1.807, 2.05) is 13.8 Å². The largest absolute Gasteiger partial charge is 0.481 e. The number of hydrogen-bond donors (Lipinski definition) is 0. The van der Waals surface area contributed by atoms with Gasteiger partial charge in [0.2, 0.25) is 5.88 Å². The van der Waals surface area contributed by atoms with E-state index in [4.69, 9.17) is 0 Å². The van der Waals surface area contributed by atoms with Gasteiger partial charge in [-0.3, -0.25) is 0 Å². The molecule has 14 heavy (non-hydrogen) atoms. The zero-order valence-electron chi connectivity index (χ0n) is 8.22. The maximum Gasteiger partial charge on any atom is 0.421 e. The molecule has 0 N–H and O–H groups in total. The lowest BCUT2D eigenvalue weighted by atomic mass is 10.2. The third kappa shape index (κ3) is 3.24. The molecule has 0 spiro atoms. The van der Waals surface area contributed by atoms with E-state index in [1.165, 1.54) is 12.3 Å². The molecule has 1 aromatic heterocycles. The molecule has 0 bridgehead atoms. The number of nitrogens with zero attached hydrogens (tertiary/aromatic N) is 1. The van der Waals surface area contributed by atoms with E-state index in [0.29, 0.717) is 0 Å². The summed E-state index contributed by atoms with van der Waals surface area (Å²) in [4.78, 5) is 3.42. The summed E-state index contributed by atoms with van der Waals surface area (Å²) in [5, 5.41) is 0. The van der Waals surface area contributed by atoms with Crippen molar-refractivity contribution in [2.75, 3.05) is 7.11 Å². The summed E-state index contributed by atoms with van der Waals surface area (Å²) in [7, 11) is 1.15. The average molecular weight is 207 g/mol. The molecule has 0 fully saturated rings. The van der Waals surface area contributed by atoms with Crippen LogP contribution >= 0.6 is 0 Å². The lowest BCUT2D eigenvalue weighted by Crippen LogP contribution is -2.08. The standard InChI is InChI=1S/C7H6F3NO.C2H6/c1-12-6-5(7(8,9)10)3-2-4-11-6;1-2/h2-4H,1H3;1-2H3. The number of aromatic nitrogens is 1. The van der Waals surface area contributed by atoms with Crippen LogP contribution in [0.25, 0.3) is 0 Å².